The highest BCUT2D eigenvalue weighted by Crippen LogP contribution is 2.33. The highest BCUT2D eigenvalue weighted by atomic mass is 32.2. The molecule has 0 radical (unpaired) electrons. The molecule has 38 heavy (non-hydrogen) atoms. The summed E-state index contributed by atoms with van der Waals surface area (Å²) in [4.78, 5) is 8.88. The Kier molecular flexibility index (Phi) is 9.34. The minimum atomic E-state index is -2.95. The van der Waals surface area contributed by atoms with Crippen molar-refractivity contribution in [1.82, 2.24) is 15.3 Å². The number of hydrogen-bond acceptors (Lipinski definition) is 9. The van der Waals surface area contributed by atoms with E-state index < -0.39 is 9.84 Å². The van der Waals surface area contributed by atoms with E-state index in [4.69, 9.17) is 9.47 Å². The number of aromatic nitrogens is 2. The van der Waals surface area contributed by atoms with Crippen molar-refractivity contribution >= 4 is 37.9 Å². The van der Waals surface area contributed by atoms with E-state index in [1.165, 1.54) is 12.6 Å². The van der Waals surface area contributed by atoms with E-state index in [1.54, 1.807) is 7.11 Å². The average Bonchev–Trinajstić information content (AvgIpc) is 2.92. The van der Waals surface area contributed by atoms with E-state index in [0.717, 1.165) is 40.0 Å². The van der Waals surface area contributed by atoms with Gasteiger partial charge in [0, 0.05) is 36.5 Å². The Morgan fingerprint density at radius 2 is 1.71 bits per heavy atom. The molecule has 0 atom stereocenters. The van der Waals surface area contributed by atoms with E-state index in [9.17, 15) is 8.42 Å². The number of methoxy groups -OCH3 is 1. The fraction of sp³-hybridized carbons (Fsp3) is 0.286. The van der Waals surface area contributed by atoms with Crippen molar-refractivity contribution in [3.8, 4) is 11.5 Å². The molecule has 0 bridgehead atoms. The van der Waals surface area contributed by atoms with E-state index in [0.29, 0.717) is 37.8 Å². The molecule has 200 valence electrons. The monoisotopic (exact) mass is 535 g/mol. The molecule has 4 rings (SSSR count). The summed E-state index contributed by atoms with van der Waals surface area (Å²) in [5, 5.41) is 10.8. The minimum Gasteiger partial charge on any atom is -0.495 e. The number of nitrogens with one attached hydrogen (secondary N) is 3. The van der Waals surface area contributed by atoms with Crippen LogP contribution in [0.15, 0.2) is 73.1 Å². The first-order chi connectivity index (χ1) is 18.4. The van der Waals surface area contributed by atoms with Gasteiger partial charge in [-0.3, -0.25) is 0 Å². The third kappa shape index (κ3) is 8.06. The first-order valence-electron chi connectivity index (χ1n) is 12.4. The van der Waals surface area contributed by atoms with E-state index in [-0.39, 0.29) is 5.75 Å². The summed E-state index contributed by atoms with van der Waals surface area (Å²) >= 11 is 0. The first kappa shape index (κ1) is 27.2. The molecular formula is C28H33N5O4S. The lowest BCUT2D eigenvalue weighted by Crippen LogP contribution is -2.24. The van der Waals surface area contributed by atoms with Crippen LogP contribution in [0.4, 0.5) is 17.2 Å². The van der Waals surface area contributed by atoms with Gasteiger partial charge in [-0.25, -0.2) is 18.4 Å². The van der Waals surface area contributed by atoms with Crippen molar-refractivity contribution in [2.75, 3.05) is 49.4 Å². The SMILES string of the molecule is COc1cc2ncnc(Nc3ccc(OCc4ccccc4)cc3)c2cc1NCCCNCCS(C)(=O)=O. The predicted octanol–water partition coefficient (Wildman–Crippen LogP) is 4.40. The second-order valence-corrected chi connectivity index (χ2v) is 11.1. The molecule has 0 spiro atoms. The van der Waals surface area contributed by atoms with Gasteiger partial charge < -0.3 is 25.4 Å². The Labute approximate surface area is 223 Å². The summed E-state index contributed by atoms with van der Waals surface area (Å²) in [6.45, 7) is 2.36. The molecular weight excluding hydrogens is 502 g/mol. The summed E-state index contributed by atoms with van der Waals surface area (Å²) in [6.07, 6.45) is 3.59. The molecule has 0 saturated heterocycles. The maximum atomic E-state index is 11.2. The lowest BCUT2D eigenvalue weighted by atomic mass is 10.1. The predicted molar refractivity (Wildman–Crippen MR) is 152 cm³/mol. The van der Waals surface area contributed by atoms with E-state index in [2.05, 4.69) is 25.9 Å². The summed E-state index contributed by atoms with van der Waals surface area (Å²) in [6, 6.07) is 21.7. The quantitative estimate of drug-likeness (QED) is 0.202. The number of rotatable bonds is 14. The van der Waals surface area contributed by atoms with Crippen LogP contribution in [-0.4, -0.2) is 57.1 Å². The van der Waals surface area contributed by atoms with E-state index in [1.807, 2.05) is 66.7 Å². The number of hydrogen-bond donors (Lipinski definition) is 3. The molecule has 1 heterocycles. The van der Waals surface area contributed by atoms with Crippen molar-refractivity contribution < 1.29 is 17.9 Å². The summed E-state index contributed by atoms with van der Waals surface area (Å²) < 4.78 is 33.9. The Bertz CT molecular complexity index is 1430. The number of nitrogens with zero attached hydrogens (tertiary/aromatic N) is 2. The summed E-state index contributed by atoms with van der Waals surface area (Å²) in [5.74, 6) is 2.29. The first-order valence-corrected chi connectivity index (χ1v) is 14.5. The molecule has 1 aromatic heterocycles. The third-order valence-corrected chi connectivity index (χ3v) is 6.76. The molecule has 0 aliphatic heterocycles. The molecule has 9 nitrogen and oxygen atoms in total. The van der Waals surface area contributed by atoms with Crippen LogP contribution in [0.25, 0.3) is 10.9 Å². The standard InChI is InChI=1S/C28H33N5O4S/c1-36-27-18-25-24(17-26(27)30-14-6-13-29-15-16-38(2,34)35)28(32-20-31-25)33-22-9-11-23(12-10-22)37-19-21-7-4-3-5-8-21/h3-5,7-12,17-18,20,29-30H,6,13-16,19H2,1-2H3,(H,31,32,33). The van der Waals surface area contributed by atoms with Crippen molar-refractivity contribution in [3.63, 3.8) is 0 Å². The largest absolute Gasteiger partial charge is 0.495 e. The maximum Gasteiger partial charge on any atom is 0.148 e. The van der Waals surface area contributed by atoms with Gasteiger partial charge in [-0.2, -0.15) is 0 Å². The van der Waals surface area contributed by atoms with Crippen LogP contribution >= 0.6 is 0 Å². The maximum absolute atomic E-state index is 11.2. The second-order valence-electron chi connectivity index (χ2n) is 8.88. The lowest BCUT2D eigenvalue weighted by Gasteiger charge is -2.15. The highest BCUT2D eigenvalue weighted by molar-refractivity contribution is 7.90. The average molecular weight is 536 g/mol. The smallest absolute Gasteiger partial charge is 0.148 e. The van der Waals surface area contributed by atoms with Crippen molar-refractivity contribution in [3.05, 3.63) is 78.6 Å². The number of fused-ring (bicyclic) bond motifs is 1. The fourth-order valence-electron chi connectivity index (χ4n) is 3.82. The number of anilines is 3. The molecule has 3 N–H and O–H groups in total. The Morgan fingerprint density at radius 1 is 0.921 bits per heavy atom. The highest BCUT2D eigenvalue weighted by Gasteiger charge is 2.11. The normalized spacial score (nSPS) is 11.3. The van der Waals surface area contributed by atoms with Gasteiger partial charge in [-0.05, 0) is 48.9 Å². The molecule has 0 saturated carbocycles. The Balaban J connectivity index is 1.39. The van der Waals surface area contributed by atoms with Crippen molar-refractivity contribution in [2.24, 2.45) is 0 Å². The molecule has 0 aliphatic carbocycles. The van der Waals surface area contributed by atoms with Crippen LogP contribution < -0.4 is 25.4 Å². The molecule has 10 heteroatoms. The van der Waals surface area contributed by atoms with Crippen LogP contribution in [0.1, 0.15) is 12.0 Å². The molecule has 0 aliphatic rings. The Morgan fingerprint density at radius 3 is 2.45 bits per heavy atom. The summed E-state index contributed by atoms with van der Waals surface area (Å²) in [7, 11) is -1.32. The van der Waals surface area contributed by atoms with Crippen LogP contribution in [-0.2, 0) is 16.4 Å². The topological polar surface area (TPSA) is 114 Å². The zero-order valence-corrected chi connectivity index (χ0v) is 22.4. The van der Waals surface area contributed by atoms with Crippen LogP contribution in [0, 0.1) is 0 Å². The molecule has 3 aromatic carbocycles. The van der Waals surface area contributed by atoms with Crippen molar-refractivity contribution in [1.29, 1.82) is 0 Å². The fourth-order valence-corrected chi connectivity index (χ4v) is 4.34. The Hall–Kier alpha value is -3.89. The van der Waals surface area contributed by atoms with Gasteiger partial charge >= 0.3 is 0 Å². The second kappa shape index (κ2) is 13.1. The van der Waals surface area contributed by atoms with Gasteiger partial charge in [0.25, 0.3) is 0 Å². The zero-order chi connectivity index (χ0) is 26.8. The number of sulfone groups is 1. The molecule has 0 amide bonds. The van der Waals surface area contributed by atoms with Crippen molar-refractivity contribution in [2.45, 2.75) is 13.0 Å². The molecule has 4 aromatic rings. The van der Waals surface area contributed by atoms with E-state index >= 15 is 0 Å². The van der Waals surface area contributed by atoms with Crippen LogP contribution in [0.5, 0.6) is 11.5 Å². The molecule has 0 unspecified atom stereocenters. The summed E-state index contributed by atoms with van der Waals surface area (Å²) in [5.41, 5.74) is 3.58. The van der Waals surface area contributed by atoms with Gasteiger partial charge in [0.1, 0.15) is 40.1 Å². The van der Waals surface area contributed by atoms with Gasteiger partial charge in [-0.1, -0.05) is 30.3 Å². The number of ether oxygens (including phenoxy) is 2. The van der Waals surface area contributed by atoms with Gasteiger partial charge in [0.05, 0.1) is 24.1 Å². The number of benzene rings is 3. The minimum absolute atomic E-state index is 0.137. The van der Waals surface area contributed by atoms with Gasteiger partial charge in [-0.15, -0.1) is 0 Å². The molecule has 0 fully saturated rings. The van der Waals surface area contributed by atoms with Crippen LogP contribution in [0.2, 0.25) is 0 Å². The zero-order valence-electron chi connectivity index (χ0n) is 21.6. The van der Waals surface area contributed by atoms with Crippen LogP contribution in [0.3, 0.4) is 0 Å². The lowest BCUT2D eigenvalue weighted by molar-refractivity contribution is 0.306. The van der Waals surface area contributed by atoms with Gasteiger partial charge in [0.15, 0.2) is 0 Å². The van der Waals surface area contributed by atoms with Gasteiger partial charge in [0.2, 0.25) is 0 Å². The third-order valence-electron chi connectivity index (χ3n) is 5.82.